The first-order chi connectivity index (χ1) is 22.8. The third-order valence-electron chi connectivity index (χ3n) is 9.24. The Kier molecular flexibility index (Phi) is 31.9. The molecule has 0 atom stereocenters. The summed E-state index contributed by atoms with van der Waals surface area (Å²) < 4.78 is 12.4. The Bertz CT molecular complexity index is 810. The molecular formula is C44H78O2. The standard InChI is InChI=1S/C44H78O2/c1-4-7-9-11-13-15-17-19-21-23-25-27-29-31-33-35-39-45-43-38-37-42(6-3)41-44(43)46-40-36-34-32-30-28-26-24-22-20-18-16-14-12-10-8-5-2/h19-22,37-38,41H,4-18,23-36,39-40H2,1-3H3/b21-19-,22-20-. The van der Waals surface area contributed by atoms with Gasteiger partial charge in [-0.2, -0.15) is 0 Å². The van der Waals surface area contributed by atoms with Crippen molar-refractivity contribution in [1.82, 2.24) is 0 Å². The van der Waals surface area contributed by atoms with Gasteiger partial charge in [0.25, 0.3) is 0 Å². The average Bonchev–Trinajstić information content (AvgIpc) is 3.07. The lowest BCUT2D eigenvalue weighted by Crippen LogP contribution is -2.03. The maximum atomic E-state index is 6.24. The highest BCUT2D eigenvalue weighted by atomic mass is 16.5. The summed E-state index contributed by atoms with van der Waals surface area (Å²) in [6, 6.07) is 6.50. The molecule has 0 aliphatic carbocycles. The van der Waals surface area contributed by atoms with Gasteiger partial charge in [-0.05, 0) is 88.3 Å². The molecule has 1 aromatic rings. The molecule has 0 aliphatic heterocycles. The normalized spacial score (nSPS) is 11.7. The number of aryl methyl sites for hydroxylation is 1. The zero-order chi connectivity index (χ0) is 33.0. The van der Waals surface area contributed by atoms with Gasteiger partial charge >= 0.3 is 0 Å². The minimum Gasteiger partial charge on any atom is -0.490 e. The van der Waals surface area contributed by atoms with Gasteiger partial charge in [0.05, 0.1) is 13.2 Å². The number of ether oxygens (including phenoxy) is 2. The topological polar surface area (TPSA) is 18.5 Å². The molecule has 0 aromatic heterocycles. The highest BCUT2D eigenvalue weighted by molar-refractivity contribution is 5.43. The van der Waals surface area contributed by atoms with E-state index in [1.807, 2.05) is 0 Å². The summed E-state index contributed by atoms with van der Waals surface area (Å²) in [7, 11) is 0. The lowest BCUT2D eigenvalue weighted by atomic mass is 10.1. The van der Waals surface area contributed by atoms with Crippen molar-refractivity contribution in [2.24, 2.45) is 0 Å². The van der Waals surface area contributed by atoms with Crippen molar-refractivity contribution in [1.29, 1.82) is 0 Å². The molecule has 2 nitrogen and oxygen atoms in total. The lowest BCUT2D eigenvalue weighted by molar-refractivity contribution is 0.258. The van der Waals surface area contributed by atoms with E-state index >= 15 is 0 Å². The summed E-state index contributed by atoms with van der Waals surface area (Å²) in [6.07, 6.45) is 48.0. The first kappa shape index (κ1) is 42.3. The molecule has 0 unspecified atom stereocenters. The van der Waals surface area contributed by atoms with E-state index in [0.717, 1.165) is 44.0 Å². The summed E-state index contributed by atoms with van der Waals surface area (Å²) in [5.74, 6) is 1.87. The zero-order valence-electron chi connectivity index (χ0n) is 31.3. The summed E-state index contributed by atoms with van der Waals surface area (Å²) in [4.78, 5) is 0. The third-order valence-corrected chi connectivity index (χ3v) is 9.24. The van der Waals surface area contributed by atoms with Crippen LogP contribution >= 0.6 is 0 Å². The van der Waals surface area contributed by atoms with Crippen molar-refractivity contribution in [3.63, 3.8) is 0 Å². The van der Waals surface area contributed by atoms with E-state index in [2.05, 4.69) is 63.3 Å². The van der Waals surface area contributed by atoms with Gasteiger partial charge in [-0.3, -0.25) is 0 Å². The molecular weight excluding hydrogens is 560 g/mol. The molecule has 0 fully saturated rings. The molecule has 0 amide bonds. The van der Waals surface area contributed by atoms with Crippen LogP contribution in [-0.4, -0.2) is 13.2 Å². The van der Waals surface area contributed by atoms with Crippen LogP contribution in [0, 0.1) is 0 Å². The molecule has 0 saturated heterocycles. The van der Waals surface area contributed by atoms with Crippen LogP contribution in [0.2, 0.25) is 0 Å². The van der Waals surface area contributed by atoms with Gasteiger partial charge in [-0.25, -0.2) is 0 Å². The quantitative estimate of drug-likeness (QED) is 0.0544. The molecule has 266 valence electrons. The highest BCUT2D eigenvalue weighted by Crippen LogP contribution is 2.29. The summed E-state index contributed by atoms with van der Waals surface area (Å²) >= 11 is 0. The SMILES string of the molecule is CCCCCCCC/C=C\CCCCCCCCOc1ccc(CC)cc1OCCCCCCCC/C=C\CCCCCCCC. The highest BCUT2D eigenvalue weighted by Gasteiger charge is 2.07. The Morgan fingerprint density at radius 3 is 1.13 bits per heavy atom. The molecule has 0 spiro atoms. The molecule has 0 N–H and O–H groups in total. The van der Waals surface area contributed by atoms with Gasteiger partial charge in [0, 0.05) is 0 Å². The van der Waals surface area contributed by atoms with Crippen LogP contribution in [0.1, 0.15) is 206 Å². The maximum Gasteiger partial charge on any atom is 0.161 e. The van der Waals surface area contributed by atoms with Crippen molar-refractivity contribution < 1.29 is 9.47 Å². The fraction of sp³-hybridized carbons (Fsp3) is 0.773. The molecule has 0 radical (unpaired) electrons. The predicted octanol–water partition coefficient (Wildman–Crippen LogP) is 15.1. The lowest BCUT2D eigenvalue weighted by Gasteiger charge is -2.14. The molecule has 46 heavy (non-hydrogen) atoms. The Balaban J connectivity index is 2.03. The summed E-state index contributed by atoms with van der Waals surface area (Å²) in [6.45, 7) is 8.36. The van der Waals surface area contributed by atoms with Crippen LogP contribution < -0.4 is 9.47 Å². The van der Waals surface area contributed by atoms with Gasteiger partial charge < -0.3 is 9.47 Å². The second-order valence-electron chi connectivity index (χ2n) is 13.7. The fourth-order valence-corrected chi connectivity index (χ4v) is 6.07. The number of allylic oxidation sites excluding steroid dienone is 4. The van der Waals surface area contributed by atoms with Crippen molar-refractivity contribution in [2.75, 3.05) is 13.2 Å². The molecule has 1 rings (SSSR count). The van der Waals surface area contributed by atoms with Crippen LogP contribution in [0.4, 0.5) is 0 Å². The largest absolute Gasteiger partial charge is 0.490 e. The second kappa shape index (κ2) is 34.6. The Morgan fingerprint density at radius 2 is 0.739 bits per heavy atom. The van der Waals surface area contributed by atoms with Gasteiger partial charge in [0.15, 0.2) is 11.5 Å². The maximum absolute atomic E-state index is 6.24. The monoisotopic (exact) mass is 639 g/mol. The Morgan fingerprint density at radius 1 is 0.391 bits per heavy atom. The first-order valence-electron chi connectivity index (χ1n) is 20.5. The number of benzene rings is 1. The average molecular weight is 639 g/mol. The smallest absolute Gasteiger partial charge is 0.161 e. The molecule has 0 saturated carbocycles. The number of hydrogen-bond acceptors (Lipinski definition) is 2. The summed E-state index contributed by atoms with van der Waals surface area (Å²) in [5.41, 5.74) is 1.32. The van der Waals surface area contributed by atoms with Crippen molar-refractivity contribution in [3.05, 3.63) is 48.1 Å². The fourth-order valence-electron chi connectivity index (χ4n) is 6.07. The van der Waals surface area contributed by atoms with Gasteiger partial charge in [-0.15, -0.1) is 0 Å². The van der Waals surface area contributed by atoms with Crippen LogP contribution in [0.5, 0.6) is 11.5 Å². The van der Waals surface area contributed by atoms with Crippen LogP contribution in [0.15, 0.2) is 42.5 Å². The molecule has 1 aromatic carbocycles. The Hall–Kier alpha value is -1.70. The van der Waals surface area contributed by atoms with Crippen LogP contribution in [0.3, 0.4) is 0 Å². The van der Waals surface area contributed by atoms with E-state index in [0.29, 0.717) is 0 Å². The van der Waals surface area contributed by atoms with Crippen molar-refractivity contribution >= 4 is 0 Å². The molecule has 0 bridgehead atoms. The summed E-state index contributed by atoms with van der Waals surface area (Å²) in [5, 5.41) is 0. The minimum absolute atomic E-state index is 0.789. The zero-order valence-corrected chi connectivity index (χ0v) is 31.3. The van der Waals surface area contributed by atoms with Crippen molar-refractivity contribution in [3.8, 4) is 11.5 Å². The first-order valence-corrected chi connectivity index (χ1v) is 20.5. The molecule has 0 heterocycles. The van der Waals surface area contributed by atoms with E-state index in [1.54, 1.807) is 0 Å². The number of hydrogen-bond donors (Lipinski definition) is 0. The van der Waals surface area contributed by atoms with E-state index in [-0.39, 0.29) is 0 Å². The third kappa shape index (κ3) is 27.4. The minimum atomic E-state index is 0.789. The predicted molar refractivity (Wildman–Crippen MR) is 206 cm³/mol. The van der Waals surface area contributed by atoms with E-state index < -0.39 is 0 Å². The Labute approximate surface area is 288 Å². The van der Waals surface area contributed by atoms with E-state index in [1.165, 1.54) is 173 Å². The molecule has 2 heteroatoms. The number of unbranched alkanes of at least 4 members (excludes halogenated alkanes) is 24. The van der Waals surface area contributed by atoms with Gasteiger partial charge in [0.1, 0.15) is 0 Å². The van der Waals surface area contributed by atoms with Crippen molar-refractivity contribution in [2.45, 2.75) is 207 Å². The second-order valence-corrected chi connectivity index (χ2v) is 13.7. The van der Waals surface area contributed by atoms with E-state index in [9.17, 15) is 0 Å². The van der Waals surface area contributed by atoms with Crippen LogP contribution in [0.25, 0.3) is 0 Å². The molecule has 0 aliphatic rings. The van der Waals surface area contributed by atoms with E-state index in [4.69, 9.17) is 9.47 Å². The van der Waals surface area contributed by atoms with Crippen LogP contribution in [-0.2, 0) is 6.42 Å². The van der Waals surface area contributed by atoms with Gasteiger partial charge in [0.2, 0.25) is 0 Å². The number of rotatable bonds is 35. The van der Waals surface area contributed by atoms with Gasteiger partial charge in [-0.1, -0.05) is 167 Å².